The van der Waals surface area contributed by atoms with Gasteiger partial charge in [0.05, 0.1) is 18.0 Å². The monoisotopic (exact) mass is 550 g/mol. The Bertz CT molecular complexity index is 1310. The molecule has 38 heavy (non-hydrogen) atoms. The van der Waals surface area contributed by atoms with Gasteiger partial charge in [-0.15, -0.1) is 0 Å². The zero-order valence-electron chi connectivity index (χ0n) is 23.2. The second-order valence-electron chi connectivity index (χ2n) is 9.91. The summed E-state index contributed by atoms with van der Waals surface area (Å²) in [5, 5.41) is 2.60. The van der Waals surface area contributed by atoms with Gasteiger partial charge >= 0.3 is 6.09 Å². The van der Waals surface area contributed by atoms with Crippen LogP contribution in [0.2, 0.25) is 0 Å². The number of aromatic nitrogens is 2. The van der Waals surface area contributed by atoms with Crippen molar-refractivity contribution >= 4 is 27.9 Å². The molecule has 0 saturated carbocycles. The van der Waals surface area contributed by atoms with Crippen LogP contribution in [0.1, 0.15) is 60.9 Å². The molecule has 13 heteroatoms. The summed E-state index contributed by atoms with van der Waals surface area (Å²) in [5.41, 5.74) is 6.90. The Morgan fingerprint density at radius 2 is 1.87 bits per heavy atom. The van der Waals surface area contributed by atoms with Crippen LogP contribution in [0.5, 0.6) is 5.75 Å². The highest BCUT2D eigenvalue weighted by molar-refractivity contribution is 7.90. The Balaban J connectivity index is 2.11. The number of carbonyl (C=O) groups excluding carboxylic acids is 2. The van der Waals surface area contributed by atoms with Crippen molar-refractivity contribution < 1.29 is 27.5 Å². The minimum Gasteiger partial charge on any atom is -0.496 e. The number of Topliss-reactive ketones (excluding diaryl/α,β-unsaturated/α-hetero) is 1. The standard InChI is InChI=1S/C25H38N6O6S/c1-15-14-19(36-8)16(2)17(3)21(15)38(34,35)30-23(26)28-11-9-10-18(29-24(33)37-25(4,5)6)20(32)22-27-12-13-31(22)7/h12-14,18H,9-11H2,1-8H3,(H,29,33)(H3,26,28,30)/t18-/m1/s1. The zero-order valence-corrected chi connectivity index (χ0v) is 24.0. The number of rotatable bonds is 10. The summed E-state index contributed by atoms with van der Waals surface area (Å²) in [6.45, 7) is 10.4. The molecule has 0 bridgehead atoms. The van der Waals surface area contributed by atoms with Gasteiger partial charge in [-0.2, -0.15) is 0 Å². The zero-order chi connectivity index (χ0) is 28.8. The topological polar surface area (TPSA) is 167 Å². The molecule has 2 rings (SSSR count). The summed E-state index contributed by atoms with van der Waals surface area (Å²) in [6, 6.07) is 0.729. The fourth-order valence-electron chi connectivity index (χ4n) is 3.84. The fraction of sp³-hybridized carbons (Fsp3) is 0.520. The third-order valence-corrected chi connectivity index (χ3v) is 7.33. The van der Waals surface area contributed by atoms with Crippen molar-refractivity contribution in [2.24, 2.45) is 17.8 Å². The third-order valence-electron chi connectivity index (χ3n) is 5.69. The molecule has 4 N–H and O–H groups in total. The molecule has 0 aliphatic rings. The molecule has 2 aromatic rings. The molecule has 1 amide bonds. The normalized spacial score (nSPS) is 13.1. The van der Waals surface area contributed by atoms with Crippen molar-refractivity contribution in [3.05, 3.63) is 41.0 Å². The van der Waals surface area contributed by atoms with Gasteiger partial charge in [-0.3, -0.25) is 9.79 Å². The highest BCUT2D eigenvalue weighted by Crippen LogP contribution is 2.30. The average molecular weight is 551 g/mol. The number of nitrogens with one attached hydrogen (secondary N) is 2. The molecule has 1 heterocycles. The number of guanidine groups is 1. The summed E-state index contributed by atoms with van der Waals surface area (Å²) in [6.07, 6.45) is 2.90. The molecule has 0 aliphatic carbocycles. The minimum absolute atomic E-state index is 0.105. The number of nitrogens with zero attached hydrogens (tertiary/aromatic N) is 3. The van der Waals surface area contributed by atoms with Gasteiger partial charge in [0, 0.05) is 26.0 Å². The molecule has 1 aromatic carbocycles. The van der Waals surface area contributed by atoms with Crippen LogP contribution in [0.4, 0.5) is 4.79 Å². The molecule has 1 aromatic heterocycles. The van der Waals surface area contributed by atoms with E-state index in [1.54, 1.807) is 65.4 Å². The SMILES string of the molecule is COc1cc(C)c(S(=O)(=O)NC(N)=NCCC[C@@H](NC(=O)OC(C)(C)C)C(=O)c2nccn2C)c(C)c1C. The number of nitrogens with two attached hydrogens (primary N) is 1. The van der Waals surface area contributed by atoms with E-state index >= 15 is 0 Å². The van der Waals surface area contributed by atoms with Crippen LogP contribution in [0.15, 0.2) is 28.3 Å². The lowest BCUT2D eigenvalue weighted by atomic mass is 10.1. The Hall–Kier alpha value is -3.61. The number of ketones is 1. The quantitative estimate of drug-likeness (QED) is 0.176. The maximum Gasteiger partial charge on any atom is 0.408 e. The van der Waals surface area contributed by atoms with Crippen LogP contribution < -0.4 is 20.5 Å². The highest BCUT2D eigenvalue weighted by atomic mass is 32.2. The minimum atomic E-state index is -4.00. The van der Waals surface area contributed by atoms with Crippen molar-refractivity contribution in [1.29, 1.82) is 0 Å². The van der Waals surface area contributed by atoms with Gasteiger partial charge in [0.2, 0.25) is 11.7 Å². The van der Waals surface area contributed by atoms with E-state index < -0.39 is 27.8 Å². The van der Waals surface area contributed by atoms with Crippen LogP contribution in [-0.2, 0) is 21.8 Å². The lowest BCUT2D eigenvalue weighted by molar-refractivity contribution is 0.0487. The van der Waals surface area contributed by atoms with Gasteiger partial charge in [0.15, 0.2) is 5.82 Å². The first kappa shape index (κ1) is 30.6. The smallest absolute Gasteiger partial charge is 0.408 e. The Morgan fingerprint density at radius 1 is 1.21 bits per heavy atom. The number of imidazole rings is 1. The molecule has 1 atom stereocenters. The highest BCUT2D eigenvalue weighted by Gasteiger charge is 2.27. The predicted octanol–water partition coefficient (Wildman–Crippen LogP) is 2.50. The number of methoxy groups -OCH3 is 1. The third kappa shape index (κ3) is 7.94. The van der Waals surface area contributed by atoms with Gasteiger partial charge < -0.3 is 25.1 Å². The molecule has 0 unspecified atom stereocenters. The number of aryl methyl sites for hydroxylation is 2. The predicted molar refractivity (Wildman–Crippen MR) is 144 cm³/mol. The first-order valence-corrected chi connectivity index (χ1v) is 13.5. The second kappa shape index (κ2) is 12.3. The molecular weight excluding hydrogens is 512 g/mol. The number of sulfonamides is 1. The number of ether oxygens (including phenoxy) is 2. The summed E-state index contributed by atoms with van der Waals surface area (Å²) in [4.78, 5) is 33.6. The van der Waals surface area contributed by atoms with Gasteiger partial charge in [0.25, 0.3) is 10.0 Å². The van der Waals surface area contributed by atoms with Crippen molar-refractivity contribution in [2.45, 2.75) is 70.9 Å². The maximum absolute atomic E-state index is 13.0. The Labute approximate surface area is 224 Å². The molecule has 12 nitrogen and oxygen atoms in total. The van der Waals surface area contributed by atoms with E-state index in [9.17, 15) is 18.0 Å². The van der Waals surface area contributed by atoms with Crippen molar-refractivity contribution in [3.8, 4) is 5.75 Å². The number of benzene rings is 1. The lowest BCUT2D eigenvalue weighted by Crippen LogP contribution is -2.44. The maximum atomic E-state index is 13.0. The molecule has 0 fully saturated rings. The van der Waals surface area contributed by atoms with E-state index in [1.807, 2.05) is 0 Å². The number of carbonyl (C=O) groups is 2. The van der Waals surface area contributed by atoms with E-state index in [4.69, 9.17) is 15.2 Å². The number of aliphatic imine (C=N–C) groups is 1. The summed E-state index contributed by atoms with van der Waals surface area (Å²) < 4.78 is 40.5. The number of hydrogen-bond acceptors (Lipinski definition) is 8. The van der Waals surface area contributed by atoms with Crippen molar-refractivity contribution in [2.75, 3.05) is 13.7 Å². The van der Waals surface area contributed by atoms with Gasteiger partial charge in [-0.05, 0) is 77.1 Å². The largest absolute Gasteiger partial charge is 0.496 e. The number of amides is 1. The van der Waals surface area contributed by atoms with Crippen LogP contribution in [0, 0.1) is 20.8 Å². The second-order valence-corrected chi connectivity index (χ2v) is 11.5. The molecule has 0 radical (unpaired) electrons. The van der Waals surface area contributed by atoms with Crippen molar-refractivity contribution in [3.63, 3.8) is 0 Å². The van der Waals surface area contributed by atoms with Crippen LogP contribution in [-0.4, -0.2) is 61.1 Å². The molecular formula is C25H38N6O6S. The Kier molecular flexibility index (Phi) is 9.90. The first-order valence-electron chi connectivity index (χ1n) is 12.1. The van der Waals surface area contributed by atoms with E-state index in [0.29, 0.717) is 28.9 Å². The lowest BCUT2D eigenvalue weighted by Gasteiger charge is -2.23. The molecule has 0 spiro atoms. The van der Waals surface area contributed by atoms with Gasteiger partial charge in [-0.1, -0.05) is 0 Å². The Morgan fingerprint density at radius 3 is 2.42 bits per heavy atom. The molecule has 0 saturated heterocycles. The van der Waals surface area contributed by atoms with E-state index in [1.165, 1.54) is 13.3 Å². The van der Waals surface area contributed by atoms with Crippen LogP contribution in [0.3, 0.4) is 0 Å². The van der Waals surface area contributed by atoms with E-state index in [-0.39, 0.29) is 35.4 Å². The first-order chi connectivity index (χ1) is 17.6. The van der Waals surface area contributed by atoms with Gasteiger partial charge in [-0.25, -0.2) is 22.9 Å². The van der Waals surface area contributed by atoms with E-state index in [0.717, 1.165) is 0 Å². The van der Waals surface area contributed by atoms with Crippen LogP contribution in [0.25, 0.3) is 0 Å². The summed E-state index contributed by atoms with van der Waals surface area (Å²) >= 11 is 0. The van der Waals surface area contributed by atoms with Gasteiger partial charge in [0.1, 0.15) is 11.4 Å². The molecule has 210 valence electrons. The van der Waals surface area contributed by atoms with E-state index in [2.05, 4.69) is 20.0 Å². The fourth-order valence-corrected chi connectivity index (χ4v) is 5.32. The van der Waals surface area contributed by atoms with Crippen LogP contribution >= 0.6 is 0 Å². The average Bonchev–Trinajstić information content (AvgIpc) is 3.21. The molecule has 0 aliphatic heterocycles. The van der Waals surface area contributed by atoms with Crippen molar-refractivity contribution in [1.82, 2.24) is 19.6 Å². The summed E-state index contributed by atoms with van der Waals surface area (Å²) in [7, 11) is -0.803. The summed E-state index contributed by atoms with van der Waals surface area (Å²) in [5.74, 6) is 0.101. The number of alkyl carbamates (subject to hydrolysis) is 1. The number of hydrogen-bond donors (Lipinski definition) is 3.